The molecule has 0 aromatic carbocycles. The van der Waals surface area contributed by atoms with Gasteiger partial charge in [-0.15, -0.1) is 10.2 Å². The quantitative estimate of drug-likeness (QED) is 0.896. The van der Waals surface area contributed by atoms with E-state index in [1.54, 1.807) is 11.3 Å². The molecule has 8 heteroatoms. The lowest BCUT2D eigenvalue weighted by Crippen LogP contribution is -2.46. The van der Waals surface area contributed by atoms with Crippen LogP contribution in [0.1, 0.15) is 30.0 Å². The minimum atomic E-state index is 0.815. The Morgan fingerprint density at radius 3 is 2.67 bits per heavy atom. The number of piperazine rings is 1. The van der Waals surface area contributed by atoms with E-state index in [1.807, 2.05) is 6.92 Å². The Bertz CT molecular complexity index is 571. The molecule has 0 atom stereocenters. The molecule has 3 rings (SSSR count). The Hall–Kier alpha value is -1.54. The molecular weight excluding hydrogens is 286 g/mol. The van der Waals surface area contributed by atoms with Crippen molar-refractivity contribution in [1.82, 2.24) is 30.3 Å². The van der Waals surface area contributed by atoms with E-state index >= 15 is 0 Å². The van der Waals surface area contributed by atoms with Gasteiger partial charge in [-0.25, -0.2) is 4.98 Å². The molecule has 2 aromatic rings. The maximum absolute atomic E-state index is 4.36. The fourth-order valence-electron chi connectivity index (χ4n) is 2.44. The maximum atomic E-state index is 4.36. The fraction of sp³-hybridized carbons (Fsp3) is 0.692. The molecule has 1 fully saturated rings. The van der Waals surface area contributed by atoms with Crippen molar-refractivity contribution in [3.63, 3.8) is 0 Å². The zero-order valence-electron chi connectivity index (χ0n) is 12.5. The Morgan fingerprint density at radius 1 is 1.19 bits per heavy atom. The first-order valence-electron chi connectivity index (χ1n) is 7.42. The number of aromatic nitrogens is 5. The van der Waals surface area contributed by atoms with Gasteiger partial charge in [-0.2, -0.15) is 5.10 Å². The van der Waals surface area contributed by atoms with Gasteiger partial charge >= 0.3 is 0 Å². The predicted octanol–water partition coefficient (Wildman–Crippen LogP) is 1.24. The van der Waals surface area contributed by atoms with Crippen LogP contribution in [0.15, 0.2) is 0 Å². The third-order valence-corrected chi connectivity index (χ3v) is 4.62. The summed E-state index contributed by atoms with van der Waals surface area (Å²) in [6.45, 7) is 8.92. The zero-order valence-corrected chi connectivity index (χ0v) is 13.4. The van der Waals surface area contributed by atoms with Crippen LogP contribution in [0.2, 0.25) is 0 Å². The molecule has 1 aliphatic heterocycles. The first-order valence-corrected chi connectivity index (χ1v) is 8.24. The molecule has 0 amide bonds. The minimum Gasteiger partial charge on any atom is -0.344 e. The third kappa shape index (κ3) is 3.56. The van der Waals surface area contributed by atoms with Crippen LogP contribution in [0, 0.1) is 6.92 Å². The highest BCUT2D eigenvalue weighted by atomic mass is 32.1. The maximum Gasteiger partial charge on any atom is 0.208 e. The van der Waals surface area contributed by atoms with Gasteiger partial charge < -0.3 is 4.90 Å². The van der Waals surface area contributed by atoms with Crippen LogP contribution in [0.4, 0.5) is 5.13 Å². The molecule has 0 bridgehead atoms. The van der Waals surface area contributed by atoms with Crippen LogP contribution in [0.25, 0.3) is 0 Å². The van der Waals surface area contributed by atoms with Gasteiger partial charge in [0.05, 0.1) is 6.54 Å². The van der Waals surface area contributed by atoms with Gasteiger partial charge in [0, 0.05) is 32.6 Å². The van der Waals surface area contributed by atoms with Crippen LogP contribution < -0.4 is 4.90 Å². The SMILES string of the molecule is CCCc1nnc(N2CCN(Cc3n[nH]c(C)n3)CC2)s1. The summed E-state index contributed by atoms with van der Waals surface area (Å²) < 4.78 is 0. The average molecular weight is 307 g/mol. The standard InChI is InChI=1S/C13H21N7S/c1-3-4-12-17-18-13(21-12)20-7-5-19(6-8-20)9-11-14-10(2)15-16-11/h3-9H2,1-2H3,(H,14,15,16). The number of anilines is 1. The van der Waals surface area contributed by atoms with Crippen LogP contribution in [0.5, 0.6) is 0 Å². The van der Waals surface area contributed by atoms with Gasteiger partial charge in [-0.1, -0.05) is 18.3 Å². The van der Waals surface area contributed by atoms with E-state index in [2.05, 4.69) is 42.1 Å². The summed E-state index contributed by atoms with van der Waals surface area (Å²) in [5, 5.41) is 17.9. The number of hydrogen-bond donors (Lipinski definition) is 1. The second-order valence-corrected chi connectivity index (χ2v) is 6.37. The van der Waals surface area contributed by atoms with E-state index < -0.39 is 0 Å². The summed E-state index contributed by atoms with van der Waals surface area (Å²) in [5.74, 6) is 1.75. The molecule has 0 aliphatic carbocycles. The van der Waals surface area contributed by atoms with Crippen molar-refractivity contribution in [3.05, 3.63) is 16.7 Å². The topological polar surface area (TPSA) is 73.8 Å². The summed E-state index contributed by atoms with van der Waals surface area (Å²) in [5.41, 5.74) is 0. The molecule has 21 heavy (non-hydrogen) atoms. The number of hydrogen-bond acceptors (Lipinski definition) is 7. The van der Waals surface area contributed by atoms with E-state index in [1.165, 1.54) is 0 Å². The molecule has 3 heterocycles. The number of aromatic amines is 1. The molecule has 114 valence electrons. The van der Waals surface area contributed by atoms with E-state index in [-0.39, 0.29) is 0 Å². The monoisotopic (exact) mass is 307 g/mol. The van der Waals surface area contributed by atoms with E-state index in [4.69, 9.17) is 0 Å². The number of nitrogens with one attached hydrogen (secondary N) is 1. The zero-order chi connectivity index (χ0) is 14.7. The molecule has 0 spiro atoms. The van der Waals surface area contributed by atoms with Gasteiger partial charge in [0.2, 0.25) is 5.13 Å². The first kappa shape index (κ1) is 14.4. The second kappa shape index (κ2) is 6.48. The van der Waals surface area contributed by atoms with Crippen LogP contribution >= 0.6 is 11.3 Å². The fourth-order valence-corrected chi connectivity index (χ4v) is 3.44. The second-order valence-electron chi connectivity index (χ2n) is 5.33. The molecule has 0 radical (unpaired) electrons. The van der Waals surface area contributed by atoms with E-state index in [9.17, 15) is 0 Å². The highest BCUT2D eigenvalue weighted by Crippen LogP contribution is 2.22. The number of aryl methyl sites for hydroxylation is 2. The van der Waals surface area contributed by atoms with E-state index in [0.717, 1.165) is 67.4 Å². The molecule has 0 saturated carbocycles. The molecule has 2 aromatic heterocycles. The largest absolute Gasteiger partial charge is 0.344 e. The van der Waals surface area contributed by atoms with Crippen LogP contribution in [-0.4, -0.2) is 56.5 Å². The molecular formula is C13H21N7S. The Morgan fingerprint density at radius 2 is 2.00 bits per heavy atom. The van der Waals surface area contributed by atoms with Gasteiger partial charge in [-0.05, 0) is 13.3 Å². The molecule has 1 N–H and O–H groups in total. The highest BCUT2D eigenvalue weighted by Gasteiger charge is 2.20. The van der Waals surface area contributed by atoms with Gasteiger partial charge in [0.25, 0.3) is 0 Å². The Balaban J connectivity index is 1.52. The highest BCUT2D eigenvalue weighted by molar-refractivity contribution is 7.15. The Labute approximate surface area is 128 Å². The van der Waals surface area contributed by atoms with Crippen molar-refractivity contribution in [2.75, 3.05) is 31.1 Å². The molecule has 0 unspecified atom stereocenters. The Kier molecular flexibility index (Phi) is 4.45. The lowest BCUT2D eigenvalue weighted by atomic mass is 10.3. The summed E-state index contributed by atoms with van der Waals surface area (Å²) in [7, 11) is 0. The van der Waals surface area contributed by atoms with Gasteiger partial charge in [-0.3, -0.25) is 10.00 Å². The first-order chi connectivity index (χ1) is 10.2. The normalized spacial score (nSPS) is 16.6. The third-order valence-electron chi connectivity index (χ3n) is 3.57. The molecule has 1 aliphatic rings. The van der Waals surface area contributed by atoms with Crippen LogP contribution in [0.3, 0.4) is 0 Å². The lowest BCUT2D eigenvalue weighted by Gasteiger charge is -2.33. The summed E-state index contributed by atoms with van der Waals surface area (Å²) in [4.78, 5) is 9.08. The van der Waals surface area contributed by atoms with Crippen molar-refractivity contribution < 1.29 is 0 Å². The van der Waals surface area contributed by atoms with Gasteiger partial charge in [0.15, 0.2) is 5.82 Å². The van der Waals surface area contributed by atoms with Crippen molar-refractivity contribution in [1.29, 1.82) is 0 Å². The molecule has 7 nitrogen and oxygen atoms in total. The van der Waals surface area contributed by atoms with E-state index in [0.29, 0.717) is 0 Å². The number of H-pyrrole nitrogens is 1. The van der Waals surface area contributed by atoms with Crippen LogP contribution in [-0.2, 0) is 13.0 Å². The molecule has 1 saturated heterocycles. The summed E-state index contributed by atoms with van der Waals surface area (Å²) in [6.07, 6.45) is 2.15. The number of nitrogens with zero attached hydrogens (tertiary/aromatic N) is 6. The average Bonchev–Trinajstić information content (AvgIpc) is 3.10. The number of rotatable bonds is 5. The lowest BCUT2D eigenvalue weighted by molar-refractivity contribution is 0.244. The van der Waals surface area contributed by atoms with Gasteiger partial charge in [0.1, 0.15) is 10.8 Å². The predicted molar refractivity (Wildman–Crippen MR) is 82.5 cm³/mol. The smallest absolute Gasteiger partial charge is 0.208 e. The minimum absolute atomic E-state index is 0.815. The van der Waals surface area contributed by atoms with Crippen molar-refractivity contribution in [3.8, 4) is 0 Å². The summed E-state index contributed by atoms with van der Waals surface area (Å²) >= 11 is 1.73. The van der Waals surface area contributed by atoms with Crippen molar-refractivity contribution in [2.24, 2.45) is 0 Å². The summed E-state index contributed by atoms with van der Waals surface area (Å²) in [6, 6.07) is 0. The van der Waals surface area contributed by atoms with Crippen molar-refractivity contribution >= 4 is 16.5 Å². The van der Waals surface area contributed by atoms with Crippen molar-refractivity contribution in [2.45, 2.75) is 33.2 Å².